The van der Waals surface area contributed by atoms with Gasteiger partial charge in [-0.3, -0.25) is 0 Å². The van der Waals surface area contributed by atoms with E-state index in [0.29, 0.717) is 5.75 Å². The maximum Gasteiger partial charge on any atom is 0.0384 e. The Kier molecular flexibility index (Phi) is 2.78. The zero-order chi connectivity index (χ0) is 7.40. The summed E-state index contributed by atoms with van der Waals surface area (Å²) in [5.41, 5.74) is 6.87. The van der Waals surface area contributed by atoms with Gasteiger partial charge in [-0.2, -0.15) is 12.6 Å². The van der Waals surface area contributed by atoms with E-state index >= 15 is 0 Å². The monoisotopic (exact) mass is 153 g/mol. The Morgan fingerprint density at radius 2 is 1.90 bits per heavy atom. The Morgan fingerprint density at radius 3 is 2.40 bits per heavy atom. The number of thiol groups is 1. The van der Waals surface area contributed by atoms with Gasteiger partial charge in [0.2, 0.25) is 0 Å². The normalized spacial score (nSPS) is 13.0. The van der Waals surface area contributed by atoms with Crippen LogP contribution in [0, 0.1) is 0 Å². The number of hydrogen-bond donors (Lipinski definition) is 2. The highest BCUT2D eigenvalue weighted by Crippen LogP contribution is 2.09. The lowest BCUT2D eigenvalue weighted by molar-refractivity contribution is 0.834. The molecule has 0 aliphatic rings. The maximum atomic E-state index is 5.72. The highest BCUT2D eigenvalue weighted by atomic mass is 32.1. The van der Waals surface area contributed by atoms with E-state index < -0.39 is 0 Å². The van der Waals surface area contributed by atoms with E-state index in [-0.39, 0.29) is 6.04 Å². The van der Waals surface area contributed by atoms with Crippen molar-refractivity contribution in [2.45, 2.75) is 6.04 Å². The molecule has 1 rings (SSSR count). The molecular weight excluding hydrogens is 142 g/mol. The minimum Gasteiger partial charge on any atom is -0.323 e. The fraction of sp³-hybridized carbons (Fsp3) is 0.250. The average molecular weight is 153 g/mol. The first-order valence-electron chi connectivity index (χ1n) is 3.26. The molecule has 0 saturated heterocycles. The molecule has 1 unspecified atom stereocenters. The van der Waals surface area contributed by atoms with Crippen molar-refractivity contribution in [1.29, 1.82) is 0 Å². The van der Waals surface area contributed by atoms with Crippen LogP contribution in [-0.2, 0) is 0 Å². The van der Waals surface area contributed by atoms with Gasteiger partial charge in [-0.05, 0) is 5.56 Å². The van der Waals surface area contributed by atoms with Gasteiger partial charge in [0, 0.05) is 11.8 Å². The predicted octanol–water partition coefficient (Wildman–Crippen LogP) is 1.62. The Morgan fingerprint density at radius 1 is 1.30 bits per heavy atom. The molecule has 0 aromatic heterocycles. The number of hydrogen-bond acceptors (Lipinski definition) is 2. The molecule has 0 fully saturated rings. The number of rotatable bonds is 2. The van der Waals surface area contributed by atoms with Gasteiger partial charge >= 0.3 is 0 Å². The van der Waals surface area contributed by atoms with Gasteiger partial charge in [0.05, 0.1) is 0 Å². The van der Waals surface area contributed by atoms with Crippen LogP contribution < -0.4 is 5.73 Å². The minimum atomic E-state index is 0.0736. The van der Waals surface area contributed by atoms with Gasteiger partial charge in [-0.15, -0.1) is 0 Å². The summed E-state index contributed by atoms with van der Waals surface area (Å²) in [4.78, 5) is 0. The van der Waals surface area contributed by atoms with Gasteiger partial charge in [-0.25, -0.2) is 0 Å². The lowest BCUT2D eigenvalue weighted by Gasteiger charge is -2.06. The molecule has 0 amide bonds. The molecule has 1 aromatic carbocycles. The van der Waals surface area contributed by atoms with E-state index in [9.17, 15) is 0 Å². The second kappa shape index (κ2) is 3.64. The fourth-order valence-corrected chi connectivity index (χ4v) is 1.02. The largest absolute Gasteiger partial charge is 0.323 e. The summed E-state index contributed by atoms with van der Waals surface area (Å²) >= 11 is 4.10. The second-order valence-corrected chi connectivity index (χ2v) is 2.56. The van der Waals surface area contributed by atoms with Crippen LogP contribution in [0.1, 0.15) is 11.6 Å². The second-order valence-electron chi connectivity index (χ2n) is 2.20. The highest BCUT2D eigenvalue weighted by molar-refractivity contribution is 7.80. The molecule has 1 nitrogen and oxygen atoms in total. The molecule has 2 heteroatoms. The van der Waals surface area contributed by atoms with Crippen molar-refractivity contribution in [3.8, 4) is 0 Å². The van der Waals surface area contributed by atoms with Crippen LogP contribution in [0.4, 0.5) is 0 Å². The maximum absolute atomic E-state index is 5.72. The highest BCUT2D eigenvalue weighted by Gasteiger charge is 1.99. The first-order chi connectivity index (χ1) is 4.84. The Balaban J connectivity index is 2.75. The van der Waals surface area contributed by atoms with E-state index in [0.717, 1.165) is 5.56 Å². The molecule has 1 atom stereocenters. The molecule has 0 heterocycles. The first kappa shape index (κ1) is 7.63. The minimum absolute atomic E-state index is 0.0736. The van der Waals surface area contributed by atoms with E-state index in [1.165, 1.54) is 0 Å². The lowest BCUT2D eigenvalue weighted by Crippen LogP contribution is -2.10. The SMILES string of the molecule is NC(CS)c1ccccc1. The van der Waals surface area contributed by atoms with Crippen molar-refractivity contribution in [2.75, 3.05) is 5.75 Å². The molecule has 0 radical (unpaired) electrons. The summed E-state index contributed by atoms with van der Waals surface area (Å²) in [6, 6.07) is 10.1. The van der Waals surface area contributed by atoms with Crippen molar-refractivity contribution in [1.82, 2.24) is 0 Å². The lowest BCUT2D eigenvalue weighted by atomic mass is 10.1. The molecule has 0 spiro atoms. The molecule has 1 aromatic rings. The first-order valence-corrected chi connectivity index (χ1v) is 3.89. The van der Waals surface area contributed by atoms with Gasteiger partial charge < -0.3 is 5.73 Å². The molecule has 0 aliphatic carbocycles. The van der Waals surface area contributed by atoms with Crippen LogP contribution >= 0.6 is 12.6 Å². The summed E-state index contributed by atoms with van der Waals surface area (Å²) in [5.74, 6) is 0.698. The van der Waals surface area contributed by atoms with Crippen molar-refractivity contribution < 1.29 is 0 Å². The number of nitrogens with two attached hydrogens (primary N) is 1. The van der Waals surface area contributed by atoms with Crippen molar-refractivity contribution in [3.63, 3.8) is 0 Å². The average Bonchev–Trinajstić information content (AvgIpc) is 2.05. The van der Waals surface area contributed by atoms with Gasteiger partial charge in [0.1, 0.15) is 0 Å². The quantitative estimate of drug-likeness (QED) is 0.620. The molecule has 10 heavy (non-hydrogen) atoms. The van der Waals surface area contributed by atoms with E-state index in [4.69, 9.17) is 5.73 Å². The predicted molar refractivity (Wildman–Crippen MR) is 47.2 cm³/mol. The molecule has 2 N–H and O–H groups in total. The topological polar surface area (TPSA) is 26.0 Å². The van der Waals surface area contributed by atoms with Crippen molar-refractivity contribution in [3.05, 3.63) is 35.9 Å². The van der Waals surface area contributed by atoms with Gasteiger partial charge in [-0.1, -0.05) is 30.3 Å². The summed E-state index contributed by atoms with van der Waals surface area (Å²) < 4.78 is 0. The third-order valence-corrected chi connectivity index (χ3v) is 1.82. The van der Waals surface area contributed by atoms with Crippen LogP contribution in [0.25, 0.3) is 0 Å². The van der Waals surface area contributed by atoms with Crippen LogP contribution in [0.15, 0.2) is 30.3 Å². The van der Waals surface area contributed by atoms with Crippen molar-refractivity contribution in [2.24, 2.45) is 5.73 Å². The molecular formula is C8H11NS. The third-order valence-electron chi connectivity index (χ3n) is 1.42. The van der Waals surface area contributed by atoms with Crippen LogP contribution in [0.5, 0.6) is 0 Å². The summed E-state index contributed by atoms with van der Waals surface area (Å²) in [6.07, 6.45) is 0. The summed E-state index contributed by atoms with van der Waals surface area (Å²) in [6.45, 7) is 0. The summed E-state index contributed by atoms with van der Waals surface area (Å²) in [5, 5.41) is 0. The molecule has 0 saturated carbocycles. The zero-order valence-electron chi connectivity index (χ0n) is 5.70. The van der Waals surface area contributed by atoms with E-state index in [2.05, 4.69) is 12.6 Å². The zero-order valence-corrected chi connectivity index (χ0v) is 6.59. The van der Waals surface area contributed by atoms with Gasteiger partial charge in [0.25, 0.3) is 0 Å². The third kappa shape index (κ3) is 1.75. The molecule has 0 aliphatic heterocycles. The van der Waals surface area contributed by atoms with E-state index in [1.54, 1.807) is 0 Å². The Bertz CT molecular complexity index is 186. The summed E-state index contributed by atoms with van der Waals surface area (Å²) in [7, 11) is 0. The smallest absolute Gasteiger partial charge is 0.0384 e. The number of benzene rings is 1. The van der Waals surface area contributed by atoms with Crippen molar-refractivity contribution >= 4 is 12.6 Å². The van der Waals surface area contributed by atoms with Crippen LogP contribution in [-0.4, -0.2) is 5.75 Å². The van der Waals surface area contributed by atoms with Crippen LogP contribution in [0.2, 0.25) is 0 Å². The molecule has 54 valence electrons. The van der Waals surface area contributed by atoms with E-state index in [1.807, 2.05) is 30.3 Å². The Hall–Kier alpha value is -0.470. The Labute approximate surface area is 66.7 Å². The molecule has 0 bridgehead atoms. The standard InChI is InChI=1S/C8H11NS/c9-8(6-10)7-4-2-1-3-5-7/h1-5,8,10H,6,9H2. The fourth-order valence-electron chi connectivity index (χ4n) is 0.806. The van der Waals surface area contributed by atoms with Crippen LogP contribution in [0.3, 0.4) is 0 Å². The van der Waals surface area contributed by atoms with Gasteiger partial charge in [0.15, 0.2) is 0 Å².